The lowest BCUT2D eigenvalue weighted by Crippen LogP contribution is -2.54. The number of benzene rings is 1. The molecule has 2 aromatic rings. The van der Waals surface area contributed by atoms with Gasteiger partial charge in [0, 0.05) is 35.7 Å². The maximum atomic E-state index is 12.6. The number of ether oxygens (including phenoxy) is 1. The van der Waals surface area contributed by atoms with E-state index in [1.54, 1.807) is 25.3 Å². The number of H-pyrrole nitrogens is 1. The molecule has 0 unspecified atom stereocenters. The number of hydrogen-bond acceptors (Lipinski definition) is 3. The van der Waals surface area contributed by atoms with Crippen LogP contribution in [0.2, 0.25) is 5.02 Å². The van der Waals surface area contributed by atoms with E-state index in [0.29, 0.717) is 30.2 Å². The molecule has 0 saturated heterocycles. The van der Waals surface area contributed by atoms with Crippen molar-refractivity contribution in [3.8, 4) is 0 Å². The molecular weight excluding hydrogens is 358 g/mol. The fourth-order valence-electron chi connectivity index (χ4n) is 3.61. The summed E-state index contributed by atoms with van der Waals surface area (Å²) in [5.74, 6) is 0.0184. The second-order valence-electron chi connectivity index (χ2n) is 6.68. The van der Waals surface area contributed by atoms with Gasteiger partial charge >= 0.3 is 6.09 Å². The van der Waals surface area contributed by atoms with Crippen LogP contribution >= 0.6 is 11.6 Å². The summed E-state index contributed by atoms with van der Waals surface area (Å²) in [5.41, 5.74) is 1.25. The molecule has 140 valence electrons. The lowest BCUT2D eigenvalue weighted by molar-refractivity contribution is 0.0843. The van der Waals surface area contributed by atoms with Gasteiger partial charge in [-0.15, -0.1) is 0 Å². The van der Waals surface area contributed by atoms with Crippen LogP contribution in [-0.2, 0) is 4.74 Å². The van der Waals surface area contributed by atoms with Crippen molar-refractivity contribution in [2.24, 2.45) is 5.92 Å². The predicted molar refractivity (Wildman–Crippen MR) is 98.7 cm³/mol. The van der Waals surface area contributed by atoms with Gasteiger partial charge in [0.15, 0.2) is 0 Å². The van der Waals surface area contributed by atoms with Gasteiger partial charge in [-0.1, -0.05) is 11.6 Å². The number of fused-ring (bicyclic) bond motifs is 1. The van der Waals surface area contributed by atoms with Crippen molar-refractivity contribution in [2.45, 2.75) is 31.3 Å². The van der Waals surface area contributed by atoms with Gasteiger partial charge < -0.3 is 25.5 Å². The van der Waals surface area contributed by atoms with E-state index in [2.05, 4.69) is 15.6 Å². The van der Waals surface area contributed by atoms with Crippen molar-refractivity contribution in [1.29, 1.82) is 0 Å². The average Bonchev–Trinajstić information content (AvgIpc) is 3.00. The molecule has 2 amide bonds. The van der Waals surface area contributed by atoms with Crippen LogP contribution in [0.5, 0.6) is 0 Å². The number of methoxy groups -OCH3 is 1. The fourth-order valence-corrected chi connectivity index (χ4v) is 3.79. The van der Waals surface area contributed by atoms with Gasteiger partial charge in [0.2, 0.25) is 0 Å². The van der Waals surface area contributed by atoms with Crippen LogP contribution in [0.15, 0.2) is 24.3 Å². The van der Waals surface area contributed by atoms with E-state index in [4.69, 9.17) is 21.4 Å². The summed E-state index contributed by atoms with van der Waals surface area (Å²) in [7, 11) is 1.63. The Bertz CT molecular complexity index is 807. The zero-order valence-corrected chi connectivity index (χ0v) is 15.2. The SMILES string of the molecule is COC[C@H]1CC[C@H](NC(=O)c2cc3cc(Cl)ccc3[nH]2)[C@H](NC(=O)O)C1. The van der Waals surface area contributed by atoms with E-state index in [-0.39, 0.29) is 23.9 Å². The van der Waals surface area contributed by atoms with Gasteiger partial charge in [-0.2, -0.15) is 0 Å². The number of rotatable bonds is 5. The number of aromatic amines is 1. The molecule has 0 spiro atoms. The van der Waals surface area contributed by atoms with Crippen molar-refractivity contribution in [3.05, 3.63) is 35.0 Å². The van der Waals surface area contributed by atoms with Crippen molar-refractivity contribution in [3.63, 3.8) is 0 Å². The molecule has 26 heavy (non-hydrogen) atoms. The Balaban J connectivity index is 1.72. The highest BCUT2D eigenvalue weighted by atomic mass is 35.5. The number of aromatic nitrogens is 1. The van der Waals surface area contributed by atoms with Crippen LogP contribution in [0.25, 0.3) is 10.9 Å². The predicted octanol–water partition coefficient (Wildman–Crippen LogP) is 3.00. The summed E-state index contributed by atoms with van der Waals surface area (Å²) in [5, 5.41) is 16.0. The minimum atomic E-state index is -1.09. The van der Waals surface area contributed by atoms with Crippen LogP contribution < -0.4 is 10.6 Å². The topological polar surface area (TPSA) is 103 Å². The molecular formula is C18H22ClN3O4. The first-order valence-electron chi connectivity index (χ1n) is 8.54. The standard InChI is InChI=1S/C18H22ClN3O4/c1-26-9-10-2-4-14(15(6-10)22-18(24)25)21-17(23)16-8-11-7-12(19)3-5-13(11)20-16/h3,5,7-8,10,14-15,20,22H,2,4,6,9H2,1H3,(H,21,23)(H,24,25)/t10-,14-,15+/m0/s1. The highest BCUT2D eigenvalue weighted by molar-refractivity contribution is 6.31. The van der Waals surface area contributed by atoms with E-state index < -0.39 is 6.09 Å². The largest absolute Gasteiger partial charge is 0.465 e. The van der Waals surface area contributed by atoms with E-state index in [1.165, 1.54) is 0 Å². The number of carbonyl (C=O) groups is 2. The summed E-state index contributed by atoms with van der Waals surface area (Å²) < 4.78 is 5.19. The Morgan fingerprint density at radius 3 is 2.81 bits per heavy atom. The van der Waals surface area contributed by atoms with E-state index in [1.807, 2.05) is 6.07 Å². The number of carbonyl (C=O) groups excluding carboxylic acids is 1. The Kier molecular flexibility index (Phi) is 5.68. The third-order valence-corrected chi connectivity index (χ3v) is 5.05. The summed E-state index contributed by atoms with van der Waals surface area (Å²) in [6, 6.07) is 6.50. The maximum absolute atomic E-state index is 12.6. The number of hydrogen-bond donors (Lipinski definition) is 4. The molecule has 3 atom stereocenters. The van der Waals surface area contributed by atoms with Crippen LogP contribution in [0.4, 0.5) is 4.79 Å². The molecule has 1 fully saturated rings. The van der Waals surface area contributed by atoms with E-state index in [0.717, 1.165) is 17.3 Å². The Morgan fingerprint density at radius 1 is 1.27 bits per heavy atom. The first kappa shape index (κ1) is 18.5. The number of nitrogens with one attached hydrogen (secondary N) is 3. The second kappa shape index (κ2) is 7.97. The first-order chi connectivity index (χ1) is 12.5. The second-order valence-corrected chi connectivity index (χ2v) is 7.12. The van der Waals surface area contributed by atoms with Gasteiger partial charge in [-0.25, -0.2) is 4.79 Å². The monoisotopic (exact) mass is 379 g/mol. The zero-order chi connectivity index (χ0) is 18.7. The van der Waals surface area contributed by atoms with Crippen molar-refractivity contribution < 1.29 is 19.4 Å². The molecule has 0 aliphatic heterocycles. The van der Waals surface area contributed by atoms with Gasteiger partial charge in [-0.3, -0.25) is 4.79 Å². The maximum Gasteiger partial charge on any atom is 0.404 e. The summed E-state index contributed by atoms with van der Waals surface area (Å²) in [6.45, 7) is 0.585. The van der Waals surface area contributed by atoms with Gasteiger partial charge in [0.25, 0.3) is 5.91 Å². The number of amides is 2. The van der Waals surface area contributed by atoms with Crippen molar-refractivity contribution in [1.82, 2.24) is 15.6 Å². The third kappa shape index (κ3) is 4.28. The molecule has 7 nitrogen and oxygen atoms in total. The average molecular weight is 380 g/mol. The molecule has 1 aliphatic carbocycles. The molecule has 0 radical (unpaired) electrons. The number of halogens is 1. The lowest BCUT2D eigenvalue weighted by Gasteiger charge is -2.36. The normalized spacial score (nSPS) is 22.9. The Hall–Kier alpha value is -2.25. The van der Waals surface area contributed by atoms with Crippen molar-refractivity contribution >= 4 is 34.5 Å². The molecule has 4 N–H and O–H groups in total. The fraction of sp³-hybridized carbons (Fsp3) is 0.444. The number of carboxylic acid groups (broad SMARTS) is 1. The molecule has 1 heterocycles. The minimum absolute atomic E-state index is 0.260. The van der Waals surface area contributed by atoms with Crippen molar-refractivity contribution in [2.75, 3.05) is 13.7 Å². The first-order valence-corrected chi connectivity index (χ1v) is 8.91. The Morgan fingerprint density at radius 2 is 2.08 bits per heavy atom. The lowest BCUT2D eigenvalue weighted by atomic mass is 9.82. The van der Waals surface area contributed by atoms with Crippen LogP contribution in [0, 0.1) is 5.92 Å². The van der Waals surface area contributed by atoms with Crippen LogP contribution in [0.3, 0.4) is 0 Å². The highest BCUT2D eigenvalue weighted by Gasteiger charge is 2.33. The molecule has 1 aromatic carbocycles. The van der Waals surface area contributed by atoms with E-state index >= 15 is 0 Å². The quantitative estimate of drug-likeness (QED) is 0.641. The van der Waals surface area contributed by atoms with Gasteiger partial charge in [-0.05, 0) is 49.4 Å². The van der Waals surface area contributed by atoms with Crippen LogP contribution in [-0.4, -0.2) is 47.9 Å². The zero-order valence-electron chi connectivity index (χ0n) is 14.4. The van der Waals surface area contributed by atoms with Crippen LogP contribution in [0.1, 0.15) is 29.8 Å². The molecule has 1 aromatic heterocycles. The minimum Gasteiger partial charge on any atom is -0.465 e. The molecule has 8 heteroatoms. The summed E-state index contributed by atoms with van der Waals surface area (Å²) in [6.07, 6.45) is 1.11. The molecule has 0 bridgehead atoms. The van der Waals surface area contributed by atoms with Gasteiger partial charge in [0.1, 0.15) is 5.69 Å². The molecule has 3 rings (SSSR count). The van der Waals surface area contributed by atoms with Gasteiger partial charge in [0.05, 0.1) is 6.04 Å². The Labute approximate surface area is 156 Å². The smallest absolute Gasteiger partial charge is 0.404 e. The molecule has 1 aliphatic rings. The summed E-state index contributed by atoms with van der Waals surface area (Å²) >= 11 is 5.98. The third-order valence-electron chi connectivity index (χ3n) is 4.81. The van der Waals surface area contributed by atoms with E-state index in [9.17, 15) is 9.59 Å². The summed E-state index contributed by atoms with van der Waals surface area (Å²) in [4.78, 5) is 26.8. The molecule has 1 saturated carbocycles. The highest BCUT2D eigenvalue weighted by Crippen LogP contribution is 2.26.